The number of hydrogen-bond donors (Lipinski definition) is 2. The number of nitrogens with two attached hydrogens (primary N) is 1. The summed E-state index contributed by atoms with van der Waals surface area (Å²) in [4.78, 5) is 29.6. The molecule has 3 N–H and O–H groups in total. The first-order valence-electron chi connectivity index (χ1n) is 13.7. The van der Waals surface area contributed by atoms with Crippen LogP contribution in [0.5, 0.6) is 11.6 Å². The number of nitrogens with zero attached hydrogens (tertiary/aromatic N) is 5. The van der Waals surface area contributed by atoms with Crippen LogP contribution in [0.3, 0.4) is 0 Å². The SMILES string of the molecule is C/C(N)=N/c1cc(Oc2ccc3c(C(=O)Nc4ccc(CN5CCC(N(C)C)C5)c(C(F)(F)F)c4)cccc3c2)ncn1. The second-order valence-electron chi connectivity index (χ2n) is 10.7. The average Bonchev–Trinajstić information content (AvgIpc) is 3.41. The molecule has 0 saturated carbocycles. The van der Waals surface area contributed by atoms with Gasteiger partial charge in [0.15, 0.2) is 5.82 Å². The molecule has 1 saturated heterocycles. The largest absolute Gasteiger partial charge is 0.439 e. The van der Waals surface area contributed by atoms with Gasteiger partial charge in [0.1, 0.15) is 12.1 Å². The van der Waals surface area contributed by atoms with Crippen LogP contribution in [0.1, 0.15) is 34.8 Å². The van der Waals surface area contributed by atoms with Crippen LogP contribution in [0.15, 0.2) is 72.0 Å². The van der Waals surface area contributed by atoms with E-state index in [4.69, 9.17) is 10.5 Å². The van der Waals surface area contributed by atoms with E-state index in [-0.39, 0.29) is 23.7 Å². The summed E-state index contributed by atoms with van der Waals surface area (Å²) in [5, 5.41) is 3.96. The minimum absolute atomic E-state index is 0.0700. The Balaban J connectivity index is 1.34. The number of aliphatic imine (C=N–C) groups is 1. The highest BCUT2D eigenvalue weighted by molar-refractivity contribution is 6.13. The molecule has 0 radical (unpaired) electrons. The Hall–Kier alpha value is -4.55. The zero-order valence-corrected chi connectivity index (χ0v) is 24.0. The lowest BCUT2D eigenvalue weighted by Crippen LogP contribution is -2.31. The predicted octanol–water partition coefficient (Wildman–Crippen LogP) is 5.84. The Morgan fingerprint density at radius 3 is 2.67 bits per heavy atom. The van der Waals surface area contributed by atoms with Crippen molar-refractivity contribution in [3.8, 4) is 11.6 Å². The Bertz CT molecular complexity index is 1670. The number of rotatable bonds is 8. The molecule has 0 aliphatic carbocycles. The van der Waals surface area contributed by atoms with E-state index in [1.807, 2.05) is 25.1 Å². The lowest BCUT2D eigenvalue weighted by Gasteiger charge is -2.22. The summed E-state index contributed by atoms with van der Waals surface area (Å²) < 4.78 is 48.1. The molecule has 1 fully saturated rings. The van der Waals surface area contributed by atoms with Crippen molar-refractivity contribution >= 4 is 34.0 Å². The number of carbonyl (C=O) groups excluding carboxylic acids is 1. The fraction of sp³-hybridized carbons (Fsp3) is 0.290. The van der Waals surface area contributed by atoms with E-state index in [0.29, 0.717) is 46.3 Å². The van der Waals surface area contributed by atoms with Crippen molar-refractivity contribution < 1.29 is 22.7 Å². The summed E-state index contributed by atoms with van der Waals surface area (Å²) in [6, 6.07) is 16.1. The number of anilines is 1. The van der Waals surface area contributed by atoms with Gasteiger partial charge in [0.25, 0.3) is 5.91 Å². The van der Waals surface area contributed by atoms with Crippen LogP contribution in [0.2, 0.25) is 0 Å². The Morgan fingerprint density at radius 1 is 1.14 bits per heavy atom. The molecule has 224 valence electrons. The first kappa shape index (κ1) is 29.9. The lowest BCUT2D eigenvalue weighted by atomic mass is 10.0. The summed E-state index contributed by atoms with van der Waals surface area (Å²) in [6.07, 6.45) is -2.34. The molecule has 1 aliphatic heterocycles. The number of carbonyl (C=O) groups is 1. The van der Waals surface area contributed by atoms with Crippen molar-refractivity contribution in [2.45, 2.75) is 32.1 Å². The second kappa shape index (κ2) is 12.4. The van der Waals surface area contributed by atoms with E-state index < -0.39 is 17.6 Å². The van der Waals surface area contributed by atoms with Crippen molar-refractivity contribution in [2.75, 3.05) is 32.5 Å². The Morgan fingerprint density at radius 2 is 1.95 bits per heavy atom. The van der Waals surface area contributed by atoms with E-state index in [1.165, 1.54) is 24.5 Å². The van der Waals surface area contributed by atoms with E-state index >= 15 is 0 Å². The highest BCUT2D eigenvalue weighted by Gasteiger charge is 2.35. The van der Waals surface area contributed by atoms with Gasteiger partial charge in [-0.2, -0.15) is 13.2 Å². The molecule has 3 aromatic carbocycles. The molecule has 0 bridgehead atoms. The number of nitrogens with one attached hydrogen (secondary N) is 1. The summed E-state index contributed by atoms with van der Waals surface area (Å²) in [5.41, 5.74) is 5.43. The maximum Gasteiger partial charge on any atom is 0.416 e. The first-order valence-corrected chi connectivity index (χ1v) is 13.7. The average molecular weight is 592 g/mol. The van der Waals surface area contributed by atoms with Crippen molar-refractivity contribution in [3.05, 3.63) is 83.7 Å². The maximum absolute atomic E-state index is 14.1. The number of likely N-dealkylation sites (tertiary alicyclic amines) is 1. The third kappa shape index (κ3) is 7.27. The Kier molecular flexibility index (Phi) is 8.60. The number of amidine groups is 1. The number of ether oxygens (including phenoxy) is 1. The van der Waals surface area contributed by atoms with Crippen LogP contribution in [0.4, 0.5) is 24.7 Å². The van der Waals surface area contributed by atoms with Crippen molar-refractivity contribution in [3.63, 3.8) is 0 Å². The molecule has 4 aromatic rings. The molecule has 43 heavy (non-hydrogen) atoms. The topological polar surface area (TPSA) is 109 Å². The van der Waals surface area contributed by atoms with Crippen LogP contribution in [-0.4, -0.2) is 64.7 Å². The number of benzene rings is 3. The fourth-order valence-electron chi connectivity index (χ4n) is 5.14. The van der Waals surface area contributed by atoms with Gasteiger partial charge < -0.3 is 20.7 Å². The normalized spacial score (nSPS) is 16.2. The third-order valence-electron chi connectivity index (χ3n) is 7.28. The van der Waals surface area contributed by atoms with Gasteiger partial charge in [-0.3, -0.25) is 9.69 Å². The van der Waals surface area contributed by atoms with Crippen LogP contribution in [0, 0.1) is 0 Å². The zero-order chi connectivity index (χ0) is 30.7. The van der Waals surface area contributed by atoms with Gasteiger partial charge in [-0.05, 0) is 80.2 Å². The predicted molar refractivity (Wildman–Crippen MR) is 160 cm³/mol. The number of likely N-dealkylation sites (N-methyl/N-ethyl adjacent to an activating group) is 1. The zero-order valence-electron chi connectivity index (χ0n) is 24.0. The van der Waals surface area contributed by atoms with Gasteiger partial charge in [-0.15, -0.1) is 0 Å². The number of aromatic nitrogens is 2. The molecule has 1 atom stereocenters. The molecular formula is C31H32F3N7O2. The molecule has 1 unspecified atom stereocenters. The quantitative estimate of drug-likeness (QED) is 0.196. The van der Waals surface area contributed by atoms with E-state index in [9.17, 15) is 18.0 Å². The molecule has 2 heterocycles. The summed E-state index contributed by atoms with van der Waals surface area (Å²) in [7, 11) is 3.96. The van der Waals surface area contributed by atoms with Crippen molar-refractivity contribution in [1.82, 2.24) is 19.8 Å². The molecule has 12 heteroatoms. The van der Waals surface area contributed by atoms with Gasteiger partial charge in [0.2, 0.25) is 5.88 Å². The van der Waals surface area contributed by atoms with Crippen molar-refractivity contribution in [2.24, 2.45) is 10.7 Å². The molecule has 1 aliphatic rings. The molecule has 5 rings (SSSR count). The van der Waals surface area contributed by atoms with Crippen molar-refractivity contribution in [1.29, 1.82) is 0 Å². The van der Waals surface area contributed by atoms with E-state index in [0.717, 1.165) is 19.0 Å². The molecular weight excluding hydrogens is 559 g/mol. The van der Waals surface area contributed by atoms with Gasteiger partial charge in [0.05, 0.1) is 11.4 Å². The highest BCUT2D eigenvalue weighted by Crippen LogP contribution is 2.35. The number of amides is 1. The van der Waals surface area contributed by atoms with E-state index in [1.54, 1.807) is 37.3 Å². The van der Waals surface area contributed by atoms with Crippen LogP contribution < -0.4 is 15.8 Å². The van der Waals surface area contributed by atoms with Gasteiger partial charge in [-0.25, -0.2) is 15.0 Å². The summed E-state index contributed by atoms with van der Waals surface area (Å²) >= 11 is 0. The van der Waals surface area contributed by atoms with Gasteiger partial charge >= 0.3 is 6.18 Å². The number of alkyl halides is 3. The monoisotopic (exact) mass is 591 g/mol. The lowest BCUT2D eigenvalue weighted by molar-refractivity contribution is -0.138. The minimum atomic E-state index is -4.56. The smallest absolute Gasteiger partial charge is 0.416 e. The number of hydrogen-bond acceptors (Lipinski definition) is 7. The van der Waals surface area contributed by atoms with Gasteiger partial charge in [-0.1, -0.05) is 18.2 Å². The van der Waals surface area contributed by atoms with Gasteiger partial charge in [0, 0.05) is 43.0 Å². The van der Waals surface area contributed by atoms with E-state index in [2.05, 4.69) is 25.2 Å². The maximum atomic E-state index is 14.1. The fourth-order valence-corrected chi connectivity index (χ4v) is 5.14. The Labute approximate surface area is 247 Å². The summed E-state index contributed by atoms with van der Waals surface area (Å²) in [5.74, 6) is 0.884. The van der Waals surface area contributed by atoms with Crippen LogP contribution in [0.25, 0.3) is 10.8 Å². The molecule has 1 aromatic heterocycles. The molecule has 9 nitrogen and oxygen atoms in total. The molecule has 0 spiro atoms. The van der Waals surface area contributed by atoms with Crippen LogP contribution in [-0.2, 0) is 12.7 Å². The van der Waals surface area contributed by atoms with Crippen LogP contribution >= 0.6 is 0 Å². The minimum Gasteiger partial charge on any atom is -0.439 e. The standard InChI is InChI=1S/C31H32F3N7O2/c1-19(35)38-28-15-29(37-18-36-28)43-24-9-10-25-20(13-24)5-4-6-26(25)30(42)39-22-8-7-21(27(14-22)31(32,33)34)16-41-12-11-23(17-41)40(2)3/h4-10,13-15,18,23H,11-12,16-17H2,1-3H3,(H,39,42)(H2,35,36,37,38). The second-order valence-corrected chi connectivity index (χ2v) is 10.7. The highest BCUT2D eigenvalue weighted by atomic mass is 19.4. The number of halogens is 3. The summed E-state index contributed by atoms with van der Waals surface area (Å²) in [6.45, 7) is 3.27. The molecule has 1 amide bonds. The first-order chi connectivity index (χ1) is 20.5. The third-order valence-corrected chi connectivity index (χ3v) is 7.28. The number of fused-ring (bicyclic) bond motifs is 1.